The molecule has 3 N–H and O–H groups in total. The maximum absolute atomic E-state index is 12.1. The summed E-state index contributed by atoms with van der Waals surface area (Å²) >= 11 is 5.76. The zero-order chi connectivity index (χ0) is 13.9. The van der Waals surface area contributed by atoms with Crippen LogP contribution in [0.2, 0.25) is 5.02 Å². The van der Waals surface area contributed by atoms with E-state index in [1.165, 1.54) is 31.0 Å². The number of nitrogen functional groups attached to an aromatic ring is 1. The molecule has 1 aliphatic heterocycles. The van der Waals surface area contributed by atoms with Crippen LogP contribution in [0.1, 0.15) is 12.8 Å². The third-order valence-corrected chi connectivity index (χ3v) is 4.95. The Morgan fingerprint density at radius 1 is 1.32 bits per heavy atom. The fourth-order valence-corrected chi connectivity index (χ4v) is 3.50. The summed E-state index contributed by atoms with van der Waals surface area (Å²) in [4.78, 5) is 2.33. The quantitative estimate of drug-likeness (QED) is 0.804. The summed E-state index contributed by atoms with van der Waals surface area (Å²) in [5.41, 5.74) is 5.86. The number of nitrogens with one attached hydrogen (secondary N) is 1. The molecule has 0 atom stereocenters. The van der Waals surface area contributed by atoms with Crippen LogP contribution in [0.15, 0.2) is 23.1 Å². The van der Waals surface area contributed by atoms with Crippen LogP contribution in [0.4, 0.5) is 5.69 Å². The minimum atomic E-state index is -3.56. The molecule has 0 aromatic heterocycles. The Labute approximate surface area is 118 Å². The second-order valence-corrected chi connectivity index (χ2v) is 6.80. The van der Waals surface area contributed by atoms with E-state index >= 15 is 0 Å². The summed E-state index contributed by atoms with van der Waals surface area (Å²) in [6.07, 6.45) is 2.38. The molecular formula is C12H18ClN3O2S. The molecule has 19 heavy (non-hydrogen) atoms. The first-order valence-electron chi connectivity index (χ1n) is 6.26. The van der Waals surface area contributed by atoms with E-state index in [0.717, 1.165) is 19.6 Å². The van der Waals surface area contributed by atoms with Gasteiger partial charge in [-0.1, -0.05) is 11.6 Å². The summed E-state index contributed by atoms with van der Waals surface area (Å²) in [5, 5.41) is 0.425. The molecule has 0 bridgehead atoms. The van der Waals surface area contributed by atoms with E-state index in [1.807, 2.05) is 0 Å². The molecule has 1 heterocycles. The van der Waals surface area contributed by atoms with Crippen molar-refractivity contribution in [3.8, 4) is 0 Å². The van der Waals surface area contributed by atoms with E-state index in [0.29, 0.717) is 11.6 Å². The summed E-state index contributed by atoms with van der Waals surface area (Å²) in [7, 11) is -3.56. The molecule has 0 amide bonds. The first kappa shape index (κ1) is 14.6. The fraction of sp³-hybridized carbons (Fsp3) is 0.500. The zero-order valence-corrected chi connectivity index (χ0v) is 12.2. The minimum Gasteiger partial charge on any atom is -0.398 e. The smallest absolute Gasteiger partial charge is 0.242 e. The number of hydrogen-bond donors (Lipinski definition) is 2. The molecule has 2 rings (SSSR count). The van der Waals surface area contributed by atoms with Crippen molar-refractivity contribution in [3.05, 3.63) is 23.2 Å². The fourth-order valence-electron chi connectivity index (χ4n) is 2.19. The number of rotatable bonds is 5. The molecule has 0 radical (unpaired) electrons. The van der Waals surface area contributed by atoms with Gasteiger partial charge in [0.05, 0.1) is 5.69 Å². The highest BCUT2D eigenvalue weighted by molar-refractivity contribution is 7.89. The van der Waals surface area contributed by atoms with Crippen LogP contribution in [0.25, 0.3) is 0 Å². The molecule has 1 fully saturated rings. The molecule has 0 spiro atoms. The SMILES string of the molecule is Nc1cc(Cl)ccc1S(=O)(=O)NCCN1CCCC1. The van der Waals surface area contributed by atoms with Crippen LogP contribution in [-0.4, -0.2) is 39.5 Å². The van der Waals surface area contributed by atoms with Gasteiger partial charge in [-0.15, -0.1) is 0 Å². The van der Waals surface area contributed by atoms with Crippen LogP contribution in [-0.2, 0) is 10.0 Å². The van der Waals surface area contributed by atoms with Crippen molar-refractivity contribution >= 4 is 27.3 Å². The maximum Gasteiger partial charge on any atom is 0.242 e. The number of nitrogens with two attached hydrogens (primary N) is 1. The summed E-state index contributed by atoms with van der Waals surface area (Å²) in [5.74, 6) is 0. The predicted molar refractivity (Wildman–Crippen MR) is 76.7 cm³/mol. The molecule has 0 unspecified atom stereocenters. The van der Waals surface area contributed by atoms with Crippen molar-refractivity contribution in [3.63, 3.8) is 0 Å². The van der Waals surface area contributed by atoms with Crippen molar-refractivity contribution < 1.29 is 8.42 Å². The highest BCUT2D eigenvalue weighted by Gasteiger charge is 2.18. The predicted octanol–water partition coefficient (Wildman–Crippen LogP) is 1.30. The van der Waals surface area contributed by atoms with Crippen LogP contribution in [0.5, 0.6) is 0 Å². The maximum atomic E-state index is 12.1. The van der Waals surface area contributed by atoms with E-state index in [4.69, 9.17) is 17.3 Å². The molecule has 106 valence electrons. The van der Waals surface area contributed by atoms with Gasteiger partial charge < -0.3 is 10.6 Å². The summed E-state index contributed by atoms with van der Waals surface area (Å²) < 4.78 is 26.7. The van der Waals surface area contributed by atoms with E-state index in [1.54, 1.807) is 0 Å². The highest BCUT2D eigenvalue weighted by Crippen LogP contribution is 2.22. The van der Waals surface area contributed by atoms with Gasteiger partial charge in [0.2, 0.25) is 10.0 Å². The number of sulfonamides is 1. The van der Waals surface area contributed by atoms with E-state index in [2.05, 4.69) is 9.62 Å². The Balaban J connectivity index is 1.97. The molecule has 5 nitrogen and oxygen atoms in total. The van der Waals surface area contributed by atoms with Crippen LogP contribution in [0, 0.1) is 0 Å². The molecule has 1 aliphatic rings. The lowest BCUT2D eigenvalue weighted by molar-refractivity contribution is 0.344. The van der Waals surface area contributed by atoms with E-state index in [9.17, 15) is 8.42 Å². The lowest BCUT2D eigenvalue weighted by Crippen LogP contribution is -2.33. The molecule has 0 saturated carbocycles. The topological polar surface area (TPSA) is 75.4 Å². The number of benzene rings is 1. The highest BCUT2D eigenvalue weighted by atomic mass is 35.5. The third-order valence-electron chi connectivity index (χ3n) is 3.18. The van der Waals surface area contributed by atoms with E-state index in [-0.39, 0.29) is 10.6 Å². The lowest BCUT2D eigenvalue weighted by atomic mass is 10.3. The Morgan fingerprint density at radius 3 is 2.63 bits per heavy atom. The van der Waals surface area contributed by atoms with Crippen LogP contribution in [0.3, 0.4) is 0 Å². The monoisotopic (exact) mass is 303 g/mol. The van der Waals surface area contributed by atoms with Gasteiger partial charge in [0, 0.05) is 18.1 Å². The van der Waals surface area contributed by atoms with Crippen molar-refractivity contribution in [2.75, 3.05) is 31.9 Å². The molecule has 7 heteroatoms. The molecular weight excluding hydrogens is 286 g/mol. The number of hydrogen-bond acceptors (Lipinski definition) is 4. The Morgan fingerprint density at radius 2 is 2.00 bits per heavy atom. The summed E-state index contributed by atoms with van der Waals surface area (Å²) in [6.45, 7) is 3.22. The first-order valence-corrected chi connectivity index (χ1v) is 8.12. The average Bonchev–Trinajstić information content (AvgIpc) is 2.81. The van der Waals surface area contributed by atoms with Gasteiger partial charge in [-0.25, -0.2) is 13.1 Å². The molecule has 0 aliphatic carbocycles. The Bertz CT molecular complexity index is 542. The number of nitrogens with zero attached hydrogens (tertiary/aromatic N) is 1. The molecule has 1 aromatic carbocycles. The lowest BCUT2D eigenvalue weighted by Gasteiger charge is -2.15. The number of anilines is 1. The Hall–Kier alpha value is -0.820. The van der Waals surface area contributed by atoms with Crippen molar-refractivity contribution in [1.82, 2.24) is 9.62 Å². The van der Waals surface area contributed by atoms with Gasteiger partial charge in [-0.2, -0.15) is 0 Å². The van der Waals surface area contributed by atoms with Crippen LogP contribution < -0.4 is 10.5 Å². The second-order valence-electron chi connectivity index (χ2n) is 4.63. The zero-order valence-electron chi connectivity index (χ0n) is 10.6. The number of halogens is 1. The second kappa shape index (κ2) is 6.09. The largest absolute Gasteiger partial charge is 0.398 e. The molecule has 1 aromatic rings. The van der Waals surface area contributed by atoms with Gasteiger partial charge in [0.15, 0.2) is 0 Å². The van der Waals surface area contributed by atoms with Gasteiger partial charge >= 0.3 is 0 Å². The van der Waals surface area contributed by atoms with Crippen molar-refractivity contribution in [1.29, 1.82) is 0 Å². The third kappa shape index (κ3) is 3.82. The standard InChI is InChI=1S/C12H18ClN3O2S/c13-10-3-4-12(11(14)9-10)19(17,18)15-5-8-16-6-1-2-7-16/h3-4,9,15H,1-2,5-8,14H2. The van der Waals surface area contributed by atoms with Gasteiger partial charge in [-0.05, 0) is 44.1 Å². The van der Waals surface area contributed by atoms with Gasteiger partial charge in [0.25, 0.3) is 0 Å². The first-order chi connectivity index (χ1) is 8.99. The normalized spacial score (nSPS) is 16.9. The average molecular weight is 304 g/mol. The van der Waals surface area contributed by atoms with Crippen LogP contribution >= 0.6 is 11.6 Å². The Kier molecular flexibility index (Phi) is 4.67. The van der Waals surface area contributed by atoms with Gasteiger partial charge in [-0.3, -0.25) is 0 Å². The van der Waals surface area contributed by atoms with Gasteiger partial charge in [0.1, 0.15) is 4.90 Å². The number of likely N-dealkylation sites (tertiary alicyclic amines) is 1. The van der Waals surface area contributed by atoms with Crippen molar-refractivity contribution in [2.24, 2.45) is 0 Å². The van der Waals surface area contributed by atoms with E-state index < -0.39 is 10.0 Å². The summed E-state index contributed by atoms with van der Waals surface area (Å²) in [6, 6.07) is 4.39. The minimum absolute atomic E-state index is 0.0818. The van der Waals surface area contributed by atoms with Crippen molar-refractivity contribution in [2.45, 2.75) is 17.7 Å². The molecule has 1 saturated heterocycles.